The molecule has 0 fully saturated rings. The Morgan fingerprint density at radius 1 is 1.23 bits per heavy atom. The van der Waals surface area contributed by atoms with Crippen molar-refractivity contribution in [1.29, 1.82) is 0 Å². The summed E-state index contributed by atoms with van der Waals surface area (Å²) >= 11 is 0. The van der Waals surface area contributed by atoms with Crippen LogP contribution in [0.4, 0.5) is 4.79 Å². The van der Waals surface area contributed by atoms with Gasteiger partial charge >= 0.3 is 12.1 Å². The number of carbonyl (C=O) groups is 3. The van der Waals surface area contributed by atoms with Gasteiger partial charge in [-0.15, -0.1) is 0 Å². The Morgan fingerprint density at radius 2 is 1.86 bits per heavy atom. The van der Waals surface area contributed by atoms with Crippen molar-refractivity contribution < 1.29 is 23.9 Å². The van der Waals surface area contributed by atoms with Crippen LogP contribution in [-0.2, 0) is 25.7 Å². The van der Waals surface area contributed by atoms with Crippen LogP contribution in [0.1, 0.15) is 19.4 Å². The van der Waals surface area contributed by atoms with E-state index in [2.05, 4.69) is 15.0 Å². The van der Waals surface area contributed by atoms with E-state index in [1.54, 1.807) is 0 Å². The van der Waals surface area contributed by atoms with Gasteiger partial charge in [-0.2, -0.15) is 0 Å². The molecule has 0 radical (unpaired) electrons. The number of ether oxygens (including phenoxy) is 2. The molecule has 7 nitrogen and oxygen atoms in total. The van der Waals surface area contributed by atoms with Crippen molar-refractivity contribution in [1.82, 2.24) is 5.32 Å². The highest BCUT2D eigenvalue weighted by molar-refractivity contribution is 6.37. The maximum Gasteiger partial charge on any atom is 0.408 e. The minimum atomic E-state index is -0.914. The predicted molar refractivity (Wildman–Crippen MR) is 79.4 cm³/mol. The second-order valence-electron chi connectivity index (χ2n) is 4.45. The zero-order valence-electron chi connectivity index (χ0n) is 12.7. The fraction of sp³-hybridized carbons (Fsp3) is 0.333. The molecule has 0 heterocycles. The van der Waals surface area contributed by atoms with E-state index in [0.29, 0.717) is 0 Å². The van der Waals surface area contributed by atoms with E-state index < -0.39 is 24.0 Å². The smallest absolute Gasteiger partial charge is 0.408 e. The van der Waals surface area contributed by atoms with Gasteiger partial charge in [-0.25, -0.2) is 14.6 Å². The van der Waals surface area contributed by atoms with Gasteiger partial charge in [0.15, 0.2) is 0 Å². The van der Waals surface area contributed by atoms with Gasteiger partial charge in [0.1, 0.15) is 18.4 Å². The van der Waals surface area contributed by atoms with Gasteiger partial charge in [0.05, 0.1) is 7.11 Å². The van der Waals surface area contributed by atoms with Crippen LogP contribution in [0.25, 0.3) is 0 Å². The Balaban J connectivity index is 2.46. The summed E-state index contributed by atoms with van der Waals surface area (Å²) in [4.78, 5) is 38.0. The topological polar surface area (TPSA) is 94.1 Å². The molecule has 1 N–H and O–H groups in total. The molecule has 1 aromatic rings. The summed E-state index contributed by atoms with van der Waals surface area (Å²) < 4.78 is 9.41. The number of amides is 2. The van der Waals surface area contributed by atoms with E-state index in [1.807, 2.05) is 30.3 Å². The van der Waals surface area contributed by atoms with E-state index in [4.69, 9.17) is 4.74 Å². The number of methoxy groups -OCH3 is 1. The Bertz CT molecular complexity index is 569. The average Bonchev–Trinajstić information content (AvgIpc) is 2.52. The van der Waals surface area contributed by atoms with E-state index in [9.17, 15) is 14.4 Å². The molecule has 1 rings (SSSR count). The Hall–Kier alpha value is -2.70. The van der Waals surface area contributed by atoms with Crippen molar-refractivity contribution in [3.05, 3.63) is 35.9 Å². The van der Waals surface area contributed by atoms with Crippen molar-refractivity contribution >= 4 is 23.7 Å². The van der Waals surface area contributed by atoms with Crippen molar-refractivity contribution in [3.63, 3.8) is 0 Å². The number of hydrogen-bond donors (Lipinski definition) is 1. The van der Waals surface area contributed by atoms with Gasteiger partial charge < -0.3 is 14.8 Å². The first-order valence-electron chi connectivity index (χ1n) is 6.58. The molecule has 0 saturated carbocycles. The Labute approximate surface area is 128 Å². The lowest BCUT2D eigenvalue weighted by molar-refractivity contribution is -0.133. The SMILES string of the molecule is COC(=O)C(C)=NC(=O)[C@H](C)NC(=O)OCc1ccccc1. The highest BCUT2D eigenvalue weighted by Crippen LogP contribution is 2.01. The van der Waals surface area contributed by atoms with Crippen LogP contribution in [0.5, 0.6) is 0 Å². The van der Waals surface area contributed by atoms with Crippen molar-refractivity contribution in [2.75, 3.05) is 7.11 Å². The highest BCUT2D eigenvalue weighted by atomic mass is 16.5. The van der Waals surface area contributed by atoms with Crippen LogP contribution in [0.2, 0.25) is 0 Å². The molecule has 0 saturated heterocycles. The molecule has 0 unspecified atom stereocenters. The van der Waals surface area contributed by atoms with Crippen molar-refractivity contribution in [3.8, 4) is 0 Å². The largest absolute Gasteiger partial charge is 0.465 e. The Morgan fingerprint density at radius 3 is 2.45 bits per heavy atom. The zero-order chi connectivity index (χ0) is 16.5. The number of aliphatic imine (C=N–C) groups is 1. The summed E-state index contributed by atoms with van der Waals surface area (Å²) in [6.45, 7) is 2.89. The third-order valence-electron chi connectivity index (χ3n) is 2.68. The number of nitrogens with zero attached hydrogens (tertiary/aromatic N) is 1. The lowest BCUT2D eigenvalue weighted by Crippen LogP contribution is -2.38. The fourth-order valence-corrected chi connectivity index (χ4v) is 1.46. The van der Waals surface area contributed by atoms with Crippen LogP contribution < -0.4 is 5.32 Å². The molecule has 0 aromatic heterocycles. The number of rotatable bonds is 5. The first kappa shape index (κ1) is 17.4. The first-order chi connectivity index (χ1) is 10.4. The summed E-state index contributed by atoms with van der Waals surface area (Å²) in [6, 6.07) is 8.21. The molecule has 1 atom stereocenters. The summed E-state index contributed by atoms with van der Waals surface area (Å²) in [6.07, 6.45) is -0.740. The van der Waals surface area contributed by atoms with Gasteiger partial charge in [-0.05, 0) is 19.4 Å². The normalized spacial score (nSPS) is 12.2. The van der Waals surface area contributed by atoms with Gasteiger partial charge in [0.2, 0.25) is 0 Å². The number of nitrogens with one attached hydrogen (secondary N) is 1. The molecular formula is C15H18N2O5. The number of hydrogen-bond acceptors (Lipinski definition) is 5. The lowest BCUT2D eigenvalue weighted by Gasteiger charge is -2.11. The Kier molecular flexibility index (Phi) is 6.75. The van der Waals surface area contributed by atoms with E-state index in [1.165, 1.54) is 21.0 Å². The molecule has 118 valence electrons. The van der Waals surface area contributed by atoms with Crippen LogP contribution >= 0.6 is 0 Å². The van der Waals surface area contributed by atoms with Gasteiger partial charge in [0.25, 0.3) is 5.91 Å². The van der Waals surface area contributed by atoms with Gasteiger partial charge in [-0.3, -0.25) is 4.79 Å². The predicted octanol–water partition coefficient (Wildman–Crippen LogP) is 1.46. The third-order valence-corrected chi connectivity index (χ3v) is 2.68. The third kappa shape index (κ3) is 5.74. The molecule has 7 heteroatoms. The van der Waals surface area contributed by atoms with E-state index >= 15 is 0 Å². The average molecular weight is 306 g/mol. The summed E-state index contributed by atoms with van der Waals surface area (Å²) in [7, 11) is 1.19. The number of esters is 1. The monoisotopic (exact) mass is 306 g/mol. The molecule has 0 aliphatic rings. The zero-order valence-corrected chi connectivity index (χ0v) is 12.7. The van der Waals surface area contributed by atoms with Crippen LogP contribution in [0, 0.1) is 0 Å². The molecule has 2 amide bonds. The molecule has 1 aromatic carbocycles. The van der Waals surface area contributed by atoms with Crippen LogP contribution in [-0.4, -0.2) is 36.8 Å². The maximum atomic E-state index is 11.7. The quantitative estimate of drug-likeness (QED) is 0.656. The number of alkyl carbamates (subject to hydrolysis) is 1. The standard InChI is InChI=1S/C15H18N2O5/c1-10(13(18)16-11(2)14(19)21-3)17-15(20)22-9-12-7-5-4-6-8-12/h4-8,10H,9H2,1-3H3,(H,17,20)/t10-/m0/s1. The first-order valence-corrected chi connectivity index (χ1v) is 6.58. The van der Waals surface area contributed by atoms with Crippen LogP contribution in [0.3, 0.4) is 0 Å². The van der Waals surface area contributed by atoms with Crippen LogP contribution in [0.15, 0.2) is 35.3 Å². The second kappa shape index (κ2) is 8.56. The molecule has 0 bridgehead atoms. The van der Waals surface area contributed by atoms with Gasteiger partial charge in [-0.1, -0.05) is 30.3 Å². The summed E-state index contributed by atoms with van der Waals surface area (Å²) in [5.74, 6) is -1.37. The van der Waals surface area contributed by atoms with E-state index in [-0.39, 0.29) is 12.3 Å². The highest BCUT2D eigenvalue weighted by Gasteiger charge is 2.17. The minimum absolute atomic E-state index is 0.0844. The fourth-order valence-electron chi connectivity index (χ4n) is 1.46. The minimum Gasteiger partial charge on any atom is -0.465 e. The van der Waals surface area contributed by atoms with Gasteiger partial charge in [0, 0.05) is 0 Å². The number of benzene rings is 1. The lowest BCUT2D eigenvalue weighted by atomic mass is 10.2. The molecule has 0 aliphatic heterocycles. The molecule has 0 spiro atoms. The van der Waals surface area contributed by atoms with Crippen molar-refractivity contribution in [2.24, 2.45) is 4.99 Å². The molecule has 0 aliphatic carbocycles. The summed E-state index contributed by atoms with van der Waals surface area (Å²) in [5.41, 5.74) is 0.745. The molecule has 22 heavy (non-hydrogen) atoms. The van der Waals surface area contributed by atoms with E-state index in [0.717, 1.165) is 5.56 Å². The maximum absolute atomic E-state index is 11.7. The number of carbonyl (C=O) groups excluding carboxylic acids is 3. The second-order valence-corrected chi connectivity index (χ2v) is 4.45. The van der Waals surface area contributed by atoms with Crippen molar-refractivity contribution in [2.45, 2.75) is 26.5 Å². The molecular weight excluding hydrogens is 288 g/mol. The summed E-state index contributed by atoms with van der Waals surface area (Å²) in [5, 5.41) is 2.34.